The predicted molar refractivity (Wildman–Crippen MR) is 301 cm³/mol. The van der Waals surface area contributed by atoms with Crippen LogP contribution in [0.4, 0.5) is 0 Å². The molecule has 1 aliphatic heterocycles. The molecule has 0 spiro atoms. The lowest BCUT2D eigenvalue weighted by atomic mass is 9.85. The van der Waals surface area contributed by atoms with Crippen LogP contribution in [0.5, 0.6) is 0 Å². The van der Waals surface area contributed by atoms with Gasteiger partial charge in [-0.1, -0.05) is 226 Å². The van der Waals surface area contributed by atoms with Gasteiger partial charge in [0.1, 0.15) is 0 Å². The molecule has 2 nitrogen and oxygen atoms in total. The van der Waals surface area contributed by atoms with E-state index in [9.17, 15) is 0 Å². The highest BCUT2D eigenvalue weighted by Gasteiger charge is 2.28. The third-order valence-electron chi connectivity index (χ3n) is 13.9. The molecule has 0 bridgehead atoms. The highest BCUT2D eigenvalue weighted by atomic mass is 32.2. The Morgan fingerprint density at radius 3 is 1.19 bits per heavy atom. The Labute approximate surface area is 419 Å². The zero-order chi connectivity index (χ0) is 48.5. The smallest absolute Gasteiger partial charge is 0.166 e. The molecule has 0 saturated carbocycles. The number of piperidine rings is 1. The molecular weight excluding hydrogens is 829 g/mol. The van der Waals surface area contributed by atoms with Crippen molar-refractivity contribution in [1.82, 2.24) is 9.80 Å². The largest absolute Gasteiger partial charge is 0.303 e. The first-order chi connectivity index (χ1) is 32.6. The van der Waals surface area contributed by atoms with Gasteiger partial charge in [-0.15, -0.1) is 0 Å². The number of hydrogen-bond acceptors (Lipinski definition) is 2. The van der Waals surface area contributed by atoms with Crippen LogP contribution in [0.1, 0.15) is 243 Å². The van der Waals surface area contributed by atoms with Crippen LogP contribution >= 0.6 is 0 Å². The second kappa shape index (κ2) is 36.1. The summed E-state index contributed by atoms with van der Waals surface area (Å²) >= 11 is 0. The molecule has 0 radical (unpaired) electrons. The molecule has 67 heavy (non-hydrogen) atoms. The van der Waals surface area contributed by atoms with Gasteiger partial charge < -0.3 is 4.90 Å². The fraction of sp³-hybridized carbons (Fsp3) is 0.625. The number of nitrogens with zero attached hydrogens (tertiary/aromatic N) is 2. The summed E-state index contributed by atoms with van der Waals surface area (Å²) in [5.41, 5.74) is 7.46. The minimum absolute atomic E-state index is 0.0432. The summed E-state index contributed by atoms with van der Waals surface area (Å²) in [6.45, 7) is 30.6. The van der Waals surface area contributed by atoms with E-state index in [1.807, 2.05) is 0 Å². The van der Waals surface area contributed by atoms with E-state index in [1.54, 1.807) is 0 Å². The van der Waals surface area contributed by atoms with Gasteiger partial charge in [-0.05, 0) is 154 Å². The summed E-state index contributed by atoms with van der Waals surface area (Å²) in [4.78, 5) is 9.53. The van der Waals surface area contributed by atoms with Crippen LogP contribution in [-0.2, 0) is 17.4 Å². The molecule has 1 fully saturated rings. The summed E-state index contributed by atoms with van der Waals surface area (Å²) < 4.78 is 0. The number of hydrogen-bond donors (Lipinski definition) is 0. The first-order valence-corrected chi connectivity index (χ1v) is 29.3. The lowest BCUT2D eigenvalue weighted by Gasteiger charge is -2.26. The predicted octanol–water partition coefficient (Wildman–Crippen LogP) is 19.5. The molecule has 0 unspecified atom stereocenters. The lowest BCUT2D eigenvalue weighted by molar-refractivity contribution is 0.221. The number of likely N-dealkylation sites (tertiary alicyclic amines) is 1. The summed E-state index contributed by atoms with van der Waals surface area (Å²) in [5, 5.41) is 0. The Kier molecular flexibility index (Phi) is 31.5. The van der Waals surface area contributed by atoms with Crippen LogP contribution in [0.15, 0.2) is 112 Å². The minimum Gasteiger partial charge on any atom is -0.303 e. The molecule has 0 amide bonds. The number of rotatable bonds is 29. The molecular formula is C64H103N2S+. The van der Waals surface area contributed by atoms with Crippen molar-refractivity contribution in [2.45, 2.75) is 243 Å². The molecule has 0 aliphatic carbocycles. The van der Waals surface area contributed by atoms with Crippen molar-refractivity contribution in [3.05, 3.63) is 125 Å². The Bertz CT molecular complexity index is 1650. The topological polar surface area (TPSA) is 6.48 Å². The molecule has 374 valence electrons. The van der Waals surface area contributed by atoms with Gasteiger partial charge >= 0.3 is 0 Å². The van der Waals surface area contributed by atoms with Gasteiger partial charge in [0.2, 0.25) is 0 Å². The van der Waals surface area contributed by atoms with Crippen molar-refractivity contribution in [2.24, 2.45) is 0 Å². The first-order valence-electron chi connectivity index (χ1n) is 28.1. The van der Waals surface area contributed by atoms with Crippen molar-refractivity contribution in [3.63, 3.8) is 0 Å². The lowest BCUT2D eigenvalue weighted by Crippen LogP contribution is -2.29. The van der Waals surface area contributed by atoms with E-state index in [0.717, 1.165) is 6.54 Å². The van der Waals surface area contributed by atoms with E-state index >= 15 is 0 Å². The van der Waals surface area contributed by atoms with Gasteiger partial charge in [0.25, 0.3) is 0 Å². The Hall–Kier alpha value is -2.85. The van der Waals surface area contributed by atoms with Crippen LogP contribution in [0.25, 0.3) is 0 Å². The molecule has 3 heteroatoms. The Morgan fingerprint density at radius 2 is 0.821 bits per heavy atom. The quantitative estimate of drug-likeness (QED) is 0.0395. The van der Waals surface area contributed by atoms with Gasteiger partial charge in [0.05, 0.1) is 10.9 Å². The second-order valence-electron chi connectivity index (χ2n) is 20.8. The zero-order valence-electron chi connectivity index (χ0n) is 45.4. The third-order valence-corrected chi connectivity index (χ3v) is 16.1. The normalized spacial score (nSPS) is 13.1. The van der Waals surface area contributed by atoms with E-state index < -0.39 is 0 Å². The molecule has 4 aromatic rings. The monoisotopic (exact) mass is 932 g/mol. The van der Waals surface area contributed by atoms with Crippen LogP contribution in [-0.4, -0.2) is 42.5 Å². The third kappa shape index (κ3) is 24.0. The first kappa shape index (κ1) is 58.5. The van der Waals surface area contributed by atoms with Gasteiger partial charge in [-0.25, -0.2) is 0 Å². The van der Waals surface area contributed by atoms with Crippen LogP contribution in [0.3, 0.4) is 0 Å². The molecule has 0 N–H and O–H groups in total. The Balaban J connectivity index is 0.000000275. The SMILES string of the molecule is CCCCCCCCN(CCCCCCCC)CCCCCCCC.Cc1c(C(C)C)cc(C(C)C)cc1C(C)C.c1ccc([S+](c2ccccc2)c2ccc(CN3CCCCC3)cc2)cc1. The highest BCUT2D eigenvalue weighted by molar-refractivity contribution is 7.97. The van der Waals surface area contributed by atoms with Gasteiger partial charge in [0, 0.05) is 6.54 Å². The molecule has 1 saturated heterocycles. The van der Waals surface area contributed by atoms with Crippen LogP contribution in [0.2, 0.25) is 0 Å². The maximum Gasteiger partial charge on any atom is 0.166 e. The minimum atomic E-state index is -0.0432. The molecule has 5 rings (SSSR count). The molecule has 1 heterocycles. The van der Waals surface area contributed by atoms with Crippen molar-refractivity contribution in [3.8, 4) is 0 Å². The zero-order valence-corrected chi connectivity index (χ0v) is 46.2. The van der Waals surface area contributed by atoms with Crippen LogP contribution in [0, 0.1) is 6.92 Å². The van der Waals surface area contributed by atoms with E-state index in [0.29, 0.717) is 17.8 Å². The van der Waals surface area contributed by atoms with E-state index in [4.69, 9.17) is 0 Å². The van der Waals surface area contributed by atoms with Gasteiger partial charge in [-0.3, -0.25) is 4.90 Å². The van der Waals surface area contributed by atoms with E-state index in [-0.39, 0.29) is 10.9 Å². The molecule has 1 aliphatic rings. The van der Waals surface area contributed by atoms with Gasteiger partial charge in [0.15, 0.2) is 14.7 Å². The van der Waals surface area contributed by atoms with Crippen molar-refractivity contribution < 1.29 is 0 Å². The average molecular weight is 933 g/mol. The fourth-order valence-electron chi connectivity index (χ4n) is 9.63. The van der Waals surface area contributed by atoms with E-state index in [2.05, 4.69) is 176 Å². The Morgan fingerprint density at radius 1 is 0.448 bits per heavy atom. The molecule has 0 atom stereocenters. The average Bonchev–Trinajstić information content (AvgIpc) is 3.34. The van der Waals surface area contributed by atoms with Gasteiger partial charge in [-0.2, -0.15) is 0 Å². The maximum absolute atomic E-state index is 2.79. The fourth-order valence-corrected chi connectivity index (χ4v) is 11.7. The standard InChI is InChI=1S/C24H26NS.C24H51N.C16H26/c1-4-10-22(11-5-1)26(23-12-6-2-7-13-23)24-16-14-21(15-17-24)20-25-18-8-3-9-19-25;1-4-7-10-13-16-19-22-25(23-20-17-14-11-8-5-2)24-21-18-15-12-9-6-3;1-10(2)14-8-15(11(3)4)13(7)16(9-14)12(5)6/h1-2,4-7,10-17H,3,8-9,18-20H2;4-24H2,1-3H3;8-12H,1-7H3/q+1;;. The molecule has 4 aromatic carbocycles. The summed E-state index contributed by atoms with van der Waals surface area (Å²) in [5.74, 6) is 1.86. The maximum atomic E-state index is 2.79. The van der Waals surface area contributed by atoms with E-state index in [1.165, 1.54) is 210 Å². The highest BCUT2D eigenvalue weighted by Crippen LogP contribution is 2.33. The van der Waals surface area contributed by atoms with Crippen molar-refractivity contribution >= 4 is 10.9 Å². The number of unbranched alkanes of at least 4 members (excludes halogenated alkanes) is 15. The summed E-state index contributed by atoms with van der Waals surface area (Å²) in [7, 11) is -0.0432. The second-order valence-corrected chi connectivity index (χ2v) is 22.9. The summed E-state index contributed by atoms with van der Waals surface area (Å²) in [6.07, 6.45) is 29.8. The van der Waals surface area contributed by atoms with Crippen molar-refractivity contribution in [2.75, 3.05) is 32.7 Å². The summed E-state index contributed by atoms with van der Waals surface area (Å²) in [6, 6.07) is 35.9. The van der Waals surface area contributed by atoms with Crippen LogP contribution < -0.4 is 0 Å². The number of benzene rings is 4. The molecule has 0 aromatic heterocycles. The van der Waals surface area contributed by atoms with Crippen molar-refractivity contribution in [1.29, 1.82) is 0 Å².